The van der Waals surface area contributed by atoms with E-state index in [1.807, 2.05) is 96.1 Å². The first kappa shape index (κ1) is 34.3. The molecule has 0 aromatic heterocycles. The van der Waals surface area contributed by atoms with Crippen LogP contribution in [0.3, 0.4) is 0 Å². The maximum atomic E-state index is 13.2. The minimum Gasteiger partial charge on any atom is -0.447 e. The van der Waals surface area contributed by atoms with Crippen molar-refractivity contribution in [3.8, 4) is 0 Å². The summed E-state index contributed by atoms with van der Waals surface area (Å²) < 4.78 is 28.9. The highest BCUT2D eigenvalue weighted by Gasteiger charge is 2.49. The van der Waals surface area contributed by atoms with Gasteiger partial charge in [-0.25, -0.2) is 14.4 Å². The van der Waals surface area contributed by atoms with Gasteiger partial charge < -0.3 is 23.7 Å². The van der Waals surface area contributed by atoms with Crippen LogP contribution in [0, 0.1) is 47.5 Å². The van der Waals surface area contributed by atoms with Crippen LogP contribution in [0.4, 0.5) is 31.4 Å². The van der Waals surface area contributed by atoms with E-state index < -0.39 is 48.8 Å². The molecule has 0 saturated carbocycles. The van der Waals surface area contributed by atoms with E-state index in [-0.39, 0.29) is 6.61 Å². The molecule has 1 aliphatic heterocycles. The molecule has 1 aliphatic rings. The summed E-state index contributed by atoms with van der Waals surface area (Å²) in [5.74, 6) is -0.593. The molecule has 246 valence electrons. The molecule has 0 aliphatic carbocycles. The van der Waals surface area contributed by atoms with Crippen molar-refractivity contribution in [2.45, 2.75) is 73.1 Å². The Morgan fingerprint density at radius 2 is 0.978 bits per heavy atom. The summed E-state index contributed by atoms with van der Waals surface area (Å²) in [7, 11) is 1.39. The van der Waals surface area contributed by atoms with Crippen molar-refractivity contribution in [3.63, 3.8) is 0 Å². The number of nitrogens with one attached hydrogen (secondary N) is 3. The summed E-state index contributed by atoms with van der Waals surface area (Å²) in [6.45, 7) is 13.1. The fourth-order valence-electron chi connectivity index (χ4n) is 5.71. The van der Waals surface area contributed by atoms with Gasteiger partial charge in [0.05, 0.1) is 0 Å². The summed E-state index contributed by atoms with van der Waals surface area (Å²) >= 11 is 0. The molecule has 1 heterocycles. The van der Waals surface area contributed by atoms with Crippen LogP contribution in [0.5, 0.6) is 0 Å². The van der Waals surface area contributed by atoms with E-state index in [1.54, 1.807) is 6.92 Å². The third-order valence-electron chi connectivity index (χ3n) is 7.51. The Balaban J connectivity index is 1.51. The maximum absolute atomic E-state index is 13.2. The Morgan fingerprint density at radius 1 is 0.609 bits per heavy atom. The lowest BCUT2D eigenvalue weighted by Crippen LogP contribution is -2.58. The molecule has 46 heavy (non-hydrogen) atoms. The highest BCUT2D eigenvalue weighted by Crippen LogP contribution is 2.32. The van der Waals surface area contributed by atoms with E-state index in [0.29, 0.717) is 17.1 Å². The molecule has 4 rings (SSSR count). The van der Waals surface area contributed by atoms with Crippen molar-refractivity contribution >= 4 is 35.3 Å². The lowest BCUT2D eigenvalue weighted by Gasteiger charge is -2.43. The Labute approximate surface area is 269 Å². The fraction of sp³-hybridized carbons (Fsp3) is 0.400. The van der Waals surface area contributed by atoms with Gasteiger partial charge >= 0.3 is 18.3 Å². The highest BCUT2D eigenvalue weighted by atomic mass is 16.7. The van der Waals surface area contributed by atoms with Crippen LogP contribution in [0.25, 0.3) is 0 Å². The van der Waals surface area contributed by atoms with Crippen molar-refractivity contribution in [2.24, 2.45) is 5.92 Å². The van der Waals surface area contributed by atoms with Gasteiger partial charge in [0.15, 0.2) is 18.5 Å². The molecule has 11 nitrogen and oxygen atoms in total. The number of methoxy groups -OCH3 is 1. The molecule has 2 unspecified atom stereocenters. The van der Waals surface area contributed by atoms with Crippen LogP contribution >= 0.6 is 0 Å². The zero-order chi connectivity index (χ0) is 33.5. The third kappa shape index (κ3) is 9.45. The minimum atomic E-state index is -1.16. The van der Waals surface area contributed by atoms with E-state index in [0.717, 1.165) is 33.4 Å². The minimum absolute atomic E-state index is 0.183. The number of ether oxygens (including phenoxy) is 5. The molecule has 1 fully saturated rings. The van der Waals surface area contributed by atoms with Gasteiger partial charge in [0.1, 0.15) is 12.7 Å². The van der Waals surface area contributed by atoms with Crippen molar-refractivity contribution < 1.29 is 38.1 Å². The Hall–Kier alpha value is -4.61. The number of benzene rings is 3. The summed E-state index contributed by atoms with van der Waals surface area (Å²) in [4.78, 5) is 39.0. The van der Waals surface area contributed by atoms with Crippen LogP contribution in [0.15, 0.2) is 54.6 Å². The second-order valence-electron chi connectivity index (χ2n) is 12.0. The smallest absolute Gasteiger partial charge is 0.412 e. The Bertz CT molecular complexity index is 1510. The molecule has 11 heteroatoms. The average Bonchev–Trinajstić information content (AvgIpc) is 2.92. The fourth-order valence-corrected chi connectivity index (χ4v) is 5.71. The average molecular weight is 634 g/mol. The SMILES string of the molecule is CO[C@H]1OC(COC(=O)Nc2cc(C)cc(C)c2)[C@@H](C)[C@H](OC(=O)Nc2cc(C)cc(C)c2)C1OC(=O)Nc1cc(C)cc(C)c1. The largest absolute Gasteiger partial charge is 0.447 e. The quantitative estimate of drug-likeness (QED) is 0.220. The van der Waals surface area contributed by atoms with E-state index in [9.17, 15) is 14.4 Å². The van der Waals surface area contributed by atoms with Gasteiger partial charge in [-0.3, -0.25) is 16.0 Å². The second kappa shape index (κ2) is 15.1. The van der Waals surface area contributed by atoms with Crippen molar-refractivity contribution in [2.75, 3.05) is 29.7 Å². The molecular formula is C35H43N3O8. The van der Waals surface area contributed by atoms with E-state index in [4.69, 9.17) is 23.7 Å². The third-order valence-corrected chi connectivity index (χ3v) is 7.51. The molecule has 3 aromatic rings. The molecule has 5 atom stereocenters. The number of amides is 3. The number of carbonyl (C=O) groups excluding carboxylic acids is 3. The molecule has 3 amide bonds. The first-order valence-electron chi connectivity index (χ1n) is 15.1. The van der Waals surface area contributed by atoms with E-state index in [2.05, 4.69) is 16.0 Å². The van der Waals surface area contributed by atoms with Gasteiger partial charge in [-0.2, -0.15) is 0 Å². The van der Waals surface area contributed by atoms with Crippen LogP contribution < -0.4 is 16.0 Å². The zero-order valence-corrected chi connectivity index (χ0v) is 27.6. The Kier molecular flexibility index (Phi) is 11.3. The van der Waals surface area contributed by atoms with Gasteiger partial charge in [0.2, 0.25) is 0 Å². The van der Waals surface area contributed by atoms with Crippen LogP contribution in [0.1, 0.15) is 40.3 Å². The first-order valence-corrected chi connectivity index (χ1v) is 15.1. The number of hydrogen-bond acceptors (Lipinski definition) is 8. The number of aryl methyl sites for hydroxylation is 6. The summed E-state index contributed by atoms with van der Waals surface area (Å²) in [6.07, 6.45) is -6.31. The number of hydrogen-bond donors (Lipinski definition) is 3. The molecule has 0 spiro atoms. The lowest BCUT2D eigenvalue weighted by atomic mass is 9.90. The predicted octanol–water partition coefficient (Wildman–Crippen LogP) is 7.33. The van der Waals surface area contributed by atoms with Crippen LogP contribution in [0.2, 0.25) is 0 Å². The van der Waals surface area contributed by atoms with Gasteiger partial charge in [-0.1, -0.05) is 25.1 Å². The summed E-state index contributed by atoms with van der Waals surface area (Å²) in [6, 6.07) is 16.9. The lowest BCUT2D eigenvalue weighted by molar-refractivity contribution is -0.277. The van der Waals surface area contributed by atoms with E-state index in [1.165, 1.54) is 7.11 Å². The molecule has 0 radical (unpaired) electrons. The number of carbonyl (C=O) groups is 3. The van der Waals surface area contributed by atoms with Gasteiger partial charge in [0.25, 0.3) is 0 Å². The van der Waals surface area contributed by atoms with Crippen LogP contribution in [-0.4, -0.2) is 56.6 Å². The molecule has 3 aromatic carbocycles. The maximum Gasteiger partial charge on any atom is 0.412 e. The van der Waals surface area contributed by atoms with Gasteiger partial charge in [-0.15, -0.1) is 0 Å². The van der Waals surface area contributed by atoms with Crippen molar-refractivity contribution in [1.29, 1.82) is 0 Å². The van der Waals surface area contributed by atoms with Crippen molar-refractivity contribution in [1.82, 2.24) is 0 Å². The summed E-state index contributed by atoms with van der Waals surface area (Å²) in [5, 5.41) is 8.22. The topological polar surface area (TPSA) is 133 Å². The molecule has 0 bridgehead atoms. The molecular weight excluding hydrogens is 590 g/mol. The van der Waals surface area contributed by atoms with E-state index >= 15 is 0 Å². The monoisotopic (exact) mass is 633 g/mol. The zero-order valence-electron chi connectivity index (χ0n) is 27.6. The standard InChI is InChI=1S/C35H43N3O8/c1-19-9-20(2)13-26(12-19)36-33(39)43-18-29-25(7)30(45-34(40)37-27-14-21(3)10-22(4)15-27)31(32(42-8)44-29)46-35(41)38-28-16-23(5)11-24(6)17-28/h9-17,25,29-32H,18H2,1-8H3,(H,36,39)(H,37,40)(H,38,41)/t25-,29?,30+,31?,32+/m1/s1. The predicted molar refractivity (Wildman–Crippen MR) is 175 cm³/mol. The molecule has 1 saturated heterocycles. The highest BCUT2D eigenvalue weighted by molar-refractivity contribution is 5.86. The van der Waals surface area contributed by atoms with Gasteiger partial charge in [-0.05, 0) is 111 Å². The number of anilines is 3. The van der Waals surface area contributed by atoms with Gasteiger partial charge in [0, 0.05) is 30.1 Å². The summed E-state index contributed by atoms with van der Waals surface area (Å²) in [5.41, 5.74) is 7.56. The molecule has 3 N–H and O–H groups in total. The van der Waals surface area contributed by atoms with Crippen LogP contribution in [-0.2, 0) is 23.7 Å². The Morgan fingerprint density at radius 3 is 1.37 bits per heavy atom. The second-order valence-corrected chi connectivity index (χ2v) is 12.0. The normalized spacial score (nSPS) is 20.7. The number of rotatable bonds is 8. The first-order chi connectivity index (χ1) is 21.8. The van der Waals surface area contributed by atoms with Crippen molar-refractivity contribution in [3.05, 3.63) is 88.0 Å².